The van der Waals surface area contributed by atoms with E-state index in [0.29, 0.717) is 0 Å². The average Bonchev–Trinajstić information content (AvgIpc) is 2.76. The Hall–Kier alpha value is -2.32. The fourth-order valence-corrected chi connectivity index (χ4v) is 7.15. The van der Waals surface area contributed by atoms with Crippen LogP contribution >= 0.6 is 22.7 Å². The molecule has 0 saturated heterocycles. The van der Waals surface area contributed by atoms with E-state index in [2.05, 4.69) is 72.8 Å². The van der Waals surface area contributed by atoms with Crippen LogP contribution in [0.3, 0.4) is 0 Å². The van der Waals surface area contributed by atoms with Crippen LogP contribution in [0.15, 0.2) is 121 Å². The molecule has 0 saturated carbocycles. The minimum absolute atomic E-state index is 0.794. The Morgan fingerprint density at radius 2 is 0.667 bits per heavy atom. The van der Waals surface area contributed by atoms with Crippen molar-refractivity contribution < 1.29 is 0 Å². The Kier molecular flexibility index (Phi) is 6.89. The molecule has 0 spiro atoms. The molecule has 4 aromatic rings. The third-order valence-corrected chi connectivity index (χ3v) is 9.85. The van der Waals surface area contributed by atoms with Crippen molar-refractivity contribution in [1.82, 2.24) is 0 Å². The van der Waals surface area contributed by atoms with E-state index >= 15 is 0 Å². The van der Waals surface area contributed by atoms with Crippen molar-refractivity contribution in [2.45, 2.75) is 0 Å². The first-order chi connectivity index (χ1) is 13.2. The van der Waals surface area contributed by atoms with E-state index in [4.69, 9.17) is 22.7 Å². The van der Waals surface area contributed by atoms with Crippen LogP contribution in [0.5, 0.6) is 0 Å². The topological polar surface area (TPSA) is 0 Å². The maximum absolute atomic E-state index is 7.25. The quantitative estimate of drug-likeness (QED) is 0.248. The molecule has 134 valence electrons. The molecule has 0 amide bonds. The summed E-state index contributed by atoms with van der Waals surface area (Å²) in [6.07, 6.45) is 0. The molecule has 0 aliphatic heterocycles. The highest BCUT2D eigenvalue weighted by Gasteiger charge is 2.37. The average molecular weight is 407 g/mol. The smallest absolute Gasteiger partial charge is 0.149 e. The summed E-state index contributed by atoms with van der Waals surface area (Å²) in [7, 11) is -2.41. The normalized spacial score (nSPS) is 10.6. The Balaban J connectivity index is 0.000000253. The Morgan fingerprint density at radius 1 is 0.407 bits per heavy atom. The number of hydrogen-bond acceptors (Lipinski definition) is 0. The zero-order valence-corrected chi connectivity index (χ0v) is 17.3. The molecule has 0 heterocycles. The number of halogens is 2. The first-order valence-electron chi connectivity index (χ1n) is 8.77. The molecule has 4 rings (SSSR count). The lowest BCUT2D eigenvalue weighted by Crippen LogP contribution is -2.62. The van der Waals surface area contributed by atoms with Gasteiger partial charge in [0.15, 0.2) is 0 Å². The van der Waals surface area contributed by atoms with Crippen LogP contribution < -0.4 is 15.6 Å². The van der Waals surface area contributed by atoms with E-state index in [1.54, 1.807) is 0 Å². The standard InChI is InChI=1S/C18H15ClSi.C6H5Cl/c19-20(16-10-4-1-5-11-16,17-12-6-2-7-13-17)18-14-8-3-9-15-18;7-6-4-2-1-3-5-6/h1-15H;1-5H. The summed E-state index contributed by atoms with van der Waals surface area (Å²) < 4.78 is 0. The van der Waals surface area contributed by atoms with Crippen molar-refractivity contribution in [2.75, 3.05) is 0 Å². The summed E-state index contributed by atoms with van der Waals surface area (Å²) in [4.78, 5) is 0. The van der Waals surface area contributed by atoms with Crippen molar-refractivity contribution in [3.63, 3.8) is 0 Å². The summed E-state index contributed by atoms with van der Waals surface area (Å²) in [5, 5.41) is 4.46. The molecule has 0 aliphatic carbocycles. The van der Waals surface area contributed by atoms with Gasteiger partial charge in [-0.3, -0.25) is 0 Å². The van der Waals surface area contributed by atoms with Crippen LogP contribution in [-0.2, 0) is 0 Å². The van der Waals surface area contributed by atoms with E-state index < -0.39 is 7.38 Å². The second-order valence-corrected chi connectivity index (χ2v) is 11.2. The van der Waals surface area contributed by atoms with E-state index in [9.17, 15) is 0 Å². The Bertz CT molecular complexity index is 830. The second-order valence-electron chi connectivity index (χ2n) is 6.05. The molecule has 0 nitrogen and oxygen atoms in total. The molecule has 0 aromatic heterocycles. The van der Waals surface area contributed by atoms with Crippen LogP contribution in [0.25, 0.3) is 0 Å². The third kappa shape index (κ3) is 4.89. The third-order valence-electron chi connectivity index (χ3n) is 4.25. The summed E-state index contributed by atoms with van der Waals surface area (Å²) in [6, 6.07) is 40.7. The highest BCUT2D eigenvalue weighted by Crippen LogP contribution is 2.11. The molecular weight excluding hydrogens is 387 g/mol. The SMILES string of the molecule is Cl[Si](c1ccccc1)(c1ccccc1)c1ccccc1.Clc1ccccc1. The largest absolute Gasteiger partial charge is 0.247 e. The number of benzene rings is 4. The second kappa shape index (κ2) is 9.57. The lowest BCUT2D eigenvalue weighted by Gasteiger charge is -2.26. The zero-order chi connectivity index (χ0) is 19.0. The molecule has 0 unspecified atom stereocenters. The van der Waals surface area contributed by atoms with Crippen molar-refractivity contribution in [2.24, 2.45) is 0 Å². The monoisotopic (exact) mass is 406 g/mol. The summed E-state index contributed by atoms with van der Waals surface area (Å²) in [5.74, 6) is 0. The van der Waals surface area contributed by atoms with Gasteiger partial charge in [0.25, 0.3) is 0 Å². The minimum atomic E-state index is -2.41. The van der Waals surface area contributed by atoms with Crippen LogP contribution in [0.2, 0.25) is 5.02 Å². The molecule has 0 fully saturated rings. The van der Waals surface area contributed by atoms with Gasteiger partial charge < -0.3 is 0 Å². The van der Waals surface area contributed by atoms with E-state index in [1.807, 2.05) is 48.5 Å². The van der Waals surface area contributed by atoms with Gasteiger partial charge in [-0.1, -0.05) is 121 Å². The molecule has 3 heteroatoms. The molecule has 0 bridgehead atoms. The van der Waals surface area contributed by atoms with Crippen LogP contribution in [0.1, 0.15) is 0 Å². The van der Waals surface area contributed by atoms with Gasteiger partial charge in [0.1, 0.15) is 0 Å². The Morgan fingerprint density at radius 3 is 0.889 bits per heavy atom. The highest BCUT2D eigenvalue weighted by molar-refractivity contribution is 7.40. The minimum Gasteiger partial charge on any atom is -0.149 e. The van der Waals surface area contributed by atoms with E-state index in [0.717, 1.165) is 5.02 Å². The summed E-state index contributed by atoms with van der Waals surface area (Å²) in [6.45, 7) is 0. The summed E-state index contributed by atoms with van der Waals surface area (Å²) >= 11 is 12.8. The van der Waals surface area contributed by atoms with Gasteiger partial charge in [-0.25, -0.2) is 0 Å². The van der Waals surface area contributed by atoms with Gasteiger partial charge in [0, 0.05) is 5.02 Å². The van der Waals surface area contributed by atoms with Crippen LogP contribution in [0.4, 0.5) is 0 Å². The van der Waals surface area contributed by atoms with Crippen LogP contribution in [0, 0.1) is 0 Å². The first kappa shape index (κ1) is 19.4. The van der Waals surface area contributed by atoms with Crippen molar-refractivity contribution >= 4 is 45.6 Å². The lowest BCUT2D eigenvalue weighted by atomic mass is 10.3. The molecular formula is C24H20Cl2Si. The highest BCUT2D eigenvalue weighted by atomic mass is 35.6. The molecule has 0 atom stereocenters. The fraction of sp³-hybridized carbons (Fsp3) is 0. The van der Waals surface area contributed by atoms with Crippen molar-refractivity contribution in [3.8, 4) is 0 Å². The lowest BCUT2D eigenvalue weighted by molar-refractivity contribution is 1.70. The number of rotatable bonds is 3. The van der Waals surface area contributed by atoms with Crippen LogP contribution in [-0.4, -0.2) is 7.38 Å². The first-order valence-corrected chi connectivity index (χ1v) is 12.2. The van der Waals surface area contributed by atoms with Gasteiger partial charge in [-0.05, 0) is 27.7 Å². The van der Waals surface area contributed by atoms with Gasteiger partial charge in [0.2, 0.25) is 7.38 Å². The zero-order valence-electron chi connectivity index (χ0n) is 14.8. The fourth-order valence-electron chi connectivity index (χ4n) is 2.92. The predicted octanol–water partition coefficient (Wildman–Crippen LogP) is 5.23. The maximum atomic E-state index is 7.25. The van der Waals surface area contributed by atoms with Gasteiger partial charge in [-0.15, -0.1) is 11.1 Å². The maximum Gasteiger partial charge on any atom is 0.247 e. The molecule has 27 heavy (non-hydrogen) atoms. The van der Waals surface area contributed by atoms with Crippen molar-refractivity contribution in [3.05, 3.63) is 126 Å². The van der Waals surface area contributed by atoms with Gasteiger partial charge >= 0.3 is 0 Å². The van der Waals surface area contributed by atoms with E-state index in [1.165, 1.54) is 15.6 Å². The molecule has 4 aromatic carbocycles. The summed E-state index contributed by atoms with van der Waals surface area (Å²) in [5.41, 5.74) is 0. The van der Waals surface area contributed by atoms with Gasteiger partial charge in [0.05, 0.1) is 0 Å². The number of hydrogen-bond donors (Lipinski definition) is 0. The van der Waals surface area contributed by atoms with E-state index in [-0.39, 0.29) is 0 Å². The predicted molar refractivity (Wildman–Crippen MR) is 121 cm³/mol. The molecule has 0 radical (unpaired) electrons. The molecule has 0 N–H and O–H groups in total. The molecule has 0 aliphatic rings. The van der Waals surface area contributed by atoms with Crippen molar-refractivity contribution in [1.29, 1.82) is 0 Å². The van der Waals surface area contributed by atoms with Gasteiger partial charge in [-0.2, -0.15) is 0 Å². The Labute approximate surface area is 171 Å².